The number of piperidine rings is 1. The highest BCUT2D eigenvalue weighted by molar-refractivity contribution is 5.87. The average molecular weight is 373 g/mol. The van der Waals surface area contributed by atoms with Crippen molar-refractivity contribution in [2.24, 2.45) is 23.5 Å². The summed E-state index contributed by atoms with van der Waals surface area (Å²) in [5, 5.41) is 0. The first-order valence-electron chi connectivity index (χ1n) is 10.4. The van der Waals surface area contributed by atoms with Crippen LogP contribution in [0.5, 0.6) is 0 Å². The van der Waals surface area contributed by atoms with Gasteiger partial charge in [0, 0.05) is 24.9 Å². The first kappa shape index (κ1) is 21.5. The second-order valence-corrected chi connectivity index (χ2v) is 8.79. The Morgan fingerprint density at radius 3 is 2.19 bits per heavy atom. The van der Waals surface area contributed by atoms with Crippen molar-refractivity contribution in [2.75, 3.05) is 13.1 Å². The molecule has 0 aromatic heterocycles. The molecule has 0 radical (unpaired) electrons. The van der Waals surface area contributed by atoms with Crippen molar-refractivity contribution in [3.05, 3.63) is 35.9 Å². The molecule has 4 nitrogen and oxygen atoms in total. The normalized spacial score (nSPS) is 18.9. The third kappa shape index (κ3) is 5.33. The Balaban J connectivity index is 2.11. The summed E-state index contributed by atoms with van der Waals surface area (Å²) in [7, 11) is 0. The van der Waals surface area contributed by atoms with Crippen LogP contribution in [0.4, 0.5) is 0 Å². The maximum Gasteiger partial charge on any atom is 0.226 e. The molecule has 1 aliphatic rings. The van der Waals surface area contributed by atoms with Gasteiger partial charge in [0.1, 0.15) is 0 Å². The number of carbonyl (C=O) groups excluding carboxylic acids is 2. The van der Waals surface area contributed by atoms with Crippen LogP contribution in [0, 0.1) is 17.8 Å². The molecule has 2 rings (SSSR count). The SMILES string of the molecule is CCC[C@H](C(N)=O)[C@@H](CC(C)C)C(=O)N1CCC(C)(c2ccccc2)CC1. The number of hydrogen-bond acceptors (Lipinski definition) is 2. The summed E-state index contributed by atoms with van der Waals surface area (Å²) >= 11 is 0. The number of primary amides is 1. The first-order chi connectivity index (χ1) is 12.8. The lowest BCUT2D eigenvalue weighted by molar-refractivity contribution is -0.143. The van der Waals surface area contributed by atoms with E-state index in [1.54, 1.807) is 0 Å². The van der Waals surface area contributed by atoms with Gasteiger partial charge in [-0.1, -0.05) is 64.4 Å². The Hall–Kier alpha value is -1.84. The molecule has 0 unspecified atom stereocenters. The van der Waals surface area contributed by atoms with E-state index in [-0.39, 0.29) is 29.1 Å². The van der Waals surface area contributed by atoms with Gasteiger partial charge in [-0.05, 0) is 42.6 Å². The Kier molecular flexibility index (Phi) is 7.46. The Morgan fingerprint density at radius 1 is 1.11 bits per heavy atom. The topological polar surface area (TPSA) is 63.4 Å². The van der Waals surface area contributed by atoms with Crippen molar-refractivity contribution in [3.8, 4) is 0 Å². The number of likely N-dealkylation sites (tertiary alicyclic amines) is 1. The van der Waals surface area contributed by atoms with Crippen LogP contribution in [0.1, 0.15) is 65.4 Å². The van der Waals surface area contributed by atoms with Gasteiger partial charge in [-0.25, -0.2) is 0 Å². The predicted molar refractivity (Wildman–Crippen MR) is 110 cm³/mol. The minimum Gasteiger partial charge on any atom is -0.369 e. The molecule has 27 heavy (non-hydrogen) atoms. The van der Waals surface area contributed by atoms with E-state index in [9.17, 15) is 9.59 Å². The minimum absolute atomic E-state index is 0.109. The molecule has 4 heteroatoms. The molecule has 2 amide bonds. The van der Waals surface area contributed by atoms with E-state index >= 15 is 0 Å². The maximum absolute atomic E-state index is 13.3. The molecule has 150 valence electrons. The largest absolute Gasteiger partial charge is 0.369 e. The van der Waals surface area contributed by atoms with Crippen LogP contribution >= 0.6 is 0 Å². The lowest BCUT2D eigenvalue weighted by atomic mass is 9.74. The zero-order chi connectivity index (χ0) is 20.0. The molecule has 1 saturated heterocycles. The third-order valence-electron chi connectivity index (χ3n) is 6.14. The van der Waals surface area contributed by atoms with Crippen LogP contribution < -0.4 is 5.73 Å². The summed E-state index contributed by atoms with van der Waals surface area (Å²) in [5.41, 5.74) is 7.13. The number of nitrogens with two attached hydrogens (primary N) is 1. The van der Waals surface area contributed by atoms with Crippen LogP contribution in [-0.4, -0.2) is 29.8 Å². The van der Waals surface area contributed by atoms with Gasteiger partial charge in [0.05, 0.1) is 0 Å². The fourth-order valence-electron chi connectivity index (χ4n) is 4.38. The highest BCUT2D eigenvalue weighted by Crippen LogP contribution is 2.36. The van der Waals surface area contributed by atoms with E-state index < -0.39 is 0 Å². The summed E-state index contributed by atoms with van der Waals surface area (Å²) < 4.78 is 0. The molecule has 0 spiro atoms. The zero-order valence-electron chi connectivity index (χ0n) is 17.4. The number of carbonyl (C=O) groups is 2. The molecular formula is C23H36N2O2. The van der Waals surface area contributed by atoms with Crippen LogP contribution in [-0.2, 0) is 15.0 Å². The van der Waals surface area contributed by atoms with E-state index in [0.29, 0.717) is 12.3 Å². The van der Waals surface area contributed by atoms with Crippen molar-refractivity contribution in [2.45, 2.75) is 65.2 Å². The van der Waals surface area contributed by atoms with Crippen molar-refractivity contribution in [1.29, 1.82) is 0 Å². The number of amides is 2. The highest BCUT2D eigenvalue weighted by Gasteiger charge is 2.38. The van der Waals surface area contributed by atoms with Gasteiger partial charge < -0.3 is 10.6 Å². The van der Waals surface area contributed by atoms with E-state index in [4.69, 9.17) is 5.73 Å². The van der Waals surface area contributed by atoms with Gasteiger partial charge in [0.25, 0.3) is 0 Å². The van der Waals surface area contributed by atoms with Crippen molar-refractivity contribution in [1.82, 2.24) is 4.90 Å². The Bertz CT molecular complexity index is 619. The van der Waals surface area contributed by atoms with Gasteiger partial charge in [-0.15, -0.1) is 0 Å². The van der Waals surface area contributed by atoms with Crippen molar-refractivity contribution in [3.63, 3.8) is 0 Å². The van der Waals surface area contributed by atoms with E-state index in [1.165, 1.54) is 5.56 Å². The summed E-state index contributed by atoms with van der Waals surface area (Å²) in [5.74, 6) is -0.494. The maximum atomic E-state index is 13.3. The lowest BCUT2D eigenvalue weighted by Crippen LogP contribution is -2.49. The van der Waals surface area contributed by atoms with Gasteiger partial charge in [0.2, 0.25) is 11.8 Å². The summed E-state index contributed by atoms with van der Waals surface area (Å²) in [6.07, 6.45) is 4.17. The summed E-state index contributed by atoms with van der Waals surface area (Å²) in [4.78, 5) is 27.3. The molecule has 1 aromatic rings. The van der Waals surface area contributed by atoms with Crippen molar-refractivity contribution < 1.29 is 9.59 Å². The zero-order valence-corrected chi connectivity index (χ0v) is 17.4. The van der Waals surface area contributed by atoms with E-state index in [0.717, 1.165) is 38.8 Å². The molecular weight excluding hydrogens is 336 g/mol. The van der Waals surface area contributed by atoms with Crippen LogP contribution in [0.2, 0.25) is 0 Å². The number of nitrogens with zero attached hydrogens (tertiary/aromatic N) is 1. The van der Waals surface area contributed by atoms with Gasteiger partial charge in [-0.3, -0.25) is 9.59 Å². The minimum atomic E-state index is -0.354. The lowest BCUT2D eigenvalue weighted by Gasteiger charge is -2.41. The quantitative estimate of drug-likeness (QED) is 0.746. The first-order valence-corrected chi connectivity index (χ1v) is 10.4. The Labute approximate surface area is 164 Å². The van der Waals surface area contributed by atoms with Gasteiger partial charge >= 0.3 is 0 Å². The molecule has 0 saturated carbocycles. The third-order valence-corrected chi connectivity index (χ3v) is 6.14. The number of benzene rings is 1. The molecule has 1 heterocycles. The van der Waals surface area contributed by atoms with Crippen LogP contribution in [0.3, 0.4) is 0 Å². The standard InChI is InChI=1S/C23H36N2O2/c1-5-9-19(21(24)26)20(16-17(2)3)22(27)25-14-12-23(4,13-15-25)18-10-7-6-8-11-18/h6-8,10-11,17,19-20H,5,9,12-16H2,1-4H3,(H2,24,26)/t19-,20+/m0/s1. The molecule has 0 bridgehead atoms. The molecule has 1 aliphatic heterocycles. The molecule has 1 fully saturated rings. The van der Waals surface area contributed by atoms with Crippen LogP contribution in [0.25, 0.3) is 0 Å². The smallest absolute Gasteiger partial charge is 0.226 e. The average Bonchev–Trinajstić information content (AvgIpc) is 2.65. The second kappa shape index (κ2) is 9.38. The monoisotopic (exact) mass is 372 g/mol. The van der Waals surface area contributed by atoms with E-state index in [1.807, 2.05) is 17.9 Å². The Morgan fingerprint density at radius 2 is 1.70 bits per heavy atom. The predicted octanol–water partition coefficient (Wildman–Crippen LogP) is 4.13. The second-order valence-electron chi connectivity index (χ2n) is 8.79. The summed E-state index contributed by atoms with van der Waals surface area (Å²) in [6, 6.07) is 10.6. The van der Waals surface area contributed by atoms with Crippen LogP contribution in [0.15, 0.2) is 30.3 Å². The molecule has 0 aliphatic carbocycles. The molecule has 2 N–H and O–H groups in total. The molecule has 2 atom stereocenters. The number of hydrogen-bond donors (Lipinski definition) is 1. The van der Waals surface area contributed by atoms with Gasteiger partial charge in [-0.2, -0.15) is 0 Å². The fourth-order valence-corrected chi connectivity index (χ4v) is 4.38. The summed E-state index contributed by atoms with van der Waals surface area (Å²) in [6.45, 7) is 10.0. The number of rotatable bonds is 8. The van der Waals surface area contributed by atoms with Crippen molar-refractivity contribution >= 4 is 11.8 Å². The van der Waals surface area contributed by atoms with E-state index in [2.05, 4.69) is 45.0 Å². The molecule has 1 aromatic carbocycles. The van der Waals surface area contributed by atoms with Gasteiger partial charge in [0.15, 0.2) is 0 Å². The highest BCUT2D eigenvalue weighted by atomic mass is 16.2. The fraction of sp³-hybridized carbons (Fsp3) is 0.652.